The molecule has 0 aliphatic carbocycles. The van der Waals surface area contributed by atoms with Crippen molar-refractivity contribution in [2.24, 2.45) is 0 Å². The van der Waals surface area contributed by atoms with E-state index in [0.29, 0.717) is 0 Å². The Morgan fingerprint density at radius 3 is 2.36 bits per heavy atom. The first-order chi connectivity index (χ1) is 5.16. The van der Waals surface area contributed by atoms with Crippen LogP contribution < -0.4 is 0 Å². The van der Waals surface area contributed by atoms with Crippen molar-refractivity contribution in [2.45, 2.75) is 24.4 Å². The fourth-order valence-electron chi connectivity index (χ4n) is 1.03. The number of hydrogen-bond acceptors (Lipinski definition) is 5. The van der Waals surface area contributed by atoms with Gasteiger partial charge in [0, 0.05) is 0 Å². The first kappa shape index (κ1) is 8.89. The fraction of sp³-hybridized carbons (Fsp3) is 1.00. The van der Waals surface area contributed by atoms with E-state index in [9.17, 15) is 0 Å². The molecule has 1 aliphatic rings. The summed E-state index contributed by atoms with van der Waals surface area (Å²) in [6.45, 7) is -0.408. The molecule has 66 valence electrons. The van der Waals surface area contributed by atoms with Crippen LogP contribution in [-0.4, -0.2) is 58.1 Å². The maximum absolute atomic E-state index is 9.11. The summed E-state index contributed by atoms with van der Waals surface area (Å²) in [6.07, 6.45) is -4.27. The van der Waals surface area contributed by atoms with Gasteiger partial charge in [-0.1, -0.05) is 0 Å². The molecule has 5 heteroatoms. The smallest absolute Gasteiger partial charge is 0.111 e. The van der Waals surface area contributed by atoms with Crippen LogP contribution in [0.2, 0.25) is 0 Å². The van der Waals surface area contributed by atoms with Crippen LogP contribution in [-0.2, 0) is 4.74 Å². The van der Waals surface area contributed by atoms with E-state index in [-0.39, 0.29) is 13.2 Å². The van der Waals surface area contributed by atoms with E-state index in [4.69, 9.17) is 25.2 Å². The molecule has 4 atom stereocenters. The van der Waals surface area contributed by atoms with Crippen LogP contribution in [0.25, 0.3) is 0 Å². The number of aliphatic hydroxyl groups excluding tert-OH is 4. The summed E-state index contributed by atoms with van der Waals surface area (Å²) in [6, 6.07) is 0. The highest BCUT2D eigenvalue weighted by Gasteiger charge is 2.36. The largest absolute Gasteiger partial charge is 0.394 e. The molecule has 1 fully saturated rings. The van der Waals surface area contributed by atoms with Crippen molar-refractivity contribution in [3.8, 4) is 0 Å². The van der Waals surface area contributed by atoms with Gasteiger partial charge in [0.2, 0.25) is 0 Å². The minimum absolute atomic E-state index is 0.0521. The van der Waals surface area contributed by atoms with Crippen molar-refractivity contribution >= 4 is 0 Å². The minimum atomic E-state index is -1.22. The third-order valence-corrected chi connectivity index (χ3v) is 1.79. The van der Waals surface area contributed by atoms with Gasteiger partial charge in [-0.2, -0.15) is 0 Å². The van der Waals surface area contributed by atoms with Crippen molar-refractivity contribution in [1.82, 2.24) is 0 Å². The summed E-state index contributed by atoms with van der Waals surface area (Å²) in [5.74, 6) is 0. The SMILES string of the molecule is O[13CH2][C@H]1O[13CH2][13C@H](O)[13C@@H](O)[13C@@H]1O. The lowest BCUT2D eigenvalue weighted by Gasteiger charge is -2.34. The second-order valence-electron chi connectivity index (χ2n) is 2.60. The number of ether oxygens (including phenoxy) is 1. The van der Waals surface area contributed by atoms with Gasteiger partial charge in [0.1, 0.15) is 24.4 Å². The molecule has 0 radical (unpaired) electrons. The second kappa shape index (κ2) is 3.46. The Kier molecular flexibility index (Phi) is 2.80. The molecule has 0 spiro atoms. The molecule has 1 saturated heterocycles. The lowest BCUT2D eigenvalue weighted by Crippen LogP contribution is -2.53. The summed E-state index contributed by atoms with van der Waals surface area (Å²) in [5.41, 5.74) is 0. The van der Waals surface area contributed by atoms with Crippen LogP contribution in [0, 0.1) is 0 Å². The normalized spacial score (nSPS) is 45.8. The third kappa shape index (κ3) is 1.69. The zero-order valence-electron chi connectivity index (χ0n) is 5.92. The van der Waals surface area contributed by atoms with E-state index in [2.05, 4.69) is 0 Å². The molecule has 1 heterocycles. The third-order valence-electron chi connectivity index (χ3n) is 1.79. The van der Waals surface area contributed by atoms with Gasteiger partial charge < -0.3 is 25.2 Å². The van der Waals surface area contributed by atoms with E-state index in [1.165, 1.54) is 0 Å². The molecule has 0 aromatic carbocycles. The van der Waals surface area contributed by atoms with Crippen LogP contribution in [0.15, 0.2) is 0 Å². The van der Waals surface area contributed by atoms with E-state index >= 15 is 0 Å². The number of rotatable bonds is 1. The van der Waals surface area contributed by atoms with Crippen LogP contribution in [0.3, 0.4) is 0 Å². The van der Waals surface area contributed by atoms with Gasteiger partial charge in [-0.15, -0.1) is 0 Å². The Morgan fingerprint density at radius 1 is 1.18 bits per heavy atom. The van der Waals surface area contributed by atoms with Crippen LogP contribution in [0.5, 0.6) is 0 Å². The number of aliphatic hydroxyl groups is 4. The summed E-state index contributed by atoms with van der Waals surface area (Å²) in [7, 11) is 0. The van der Waals surface area contributed by atoms with Crippen molar-refractivity contribution in [1.29, 1.82) is 0 Å². The maximum atomic E-state index is 9.11. The van der Waals surface area contributed by atoms with Crippen molar-refractivity contribution in [3.05, 3.63) is 0 Å². The van der Waals surface area contributed by atoms with E-state index in [1.54, 1.807) is 0 Å². The van der Waals surface area contributed by atoms with Gasteiger partial charge in [0.05, 0.1) is 13.2 Å². The molecule has 0 aromatic rings. The monoisotopic (exact) mass is 169 g/mol. The molecule has 0 unspecified atom stereocenters. The summed E-state index contributed by atoms with van der Waals surface area (Å²) in [4.78, 5) is 0. The van der Waals surface area contributed by atoms with E-state index < -0.39 is 24.4 Å². The molecule has 1 rings (SSSR count). The lowest BCUT2D eigenvalue weighted by molar-refractivity contribution is -0.195. The van der Waals surface area contributed by atoms with Crippen LogP contribution in [0.4, 0.5) is 0 Å². The Bertz CT molecular complexity index is 126. The molecule has 5 nitrogen and oxygen atoms in total. The zero-order valence-corrected chi connectivity index (χ0v) is 5.92. The molecule has 4 N–H and O–H groups in total. The lowest BCUT2D eigenvalue weighted by atomic mass is 10.6. The average Bonchev–Trinajstić information content (AvgIpc) is 2.01. The molecule has 0 bridgehead atoms. The van der Waals surface area contributed by atoms with Crippen molar-refractivity contribution < 1.29 is 25.2 Å². The van der Waals surface area contributed by atoms with Gasteiger partial charge >= 0.3 is 0 Å². The second-order valence-corrected chi connectivity index (χ2v) is 2.60. The summed E-state index contributed by atoms with van der Waals surface area (Å²) in [5, 5.41) is 35.7. The van der Waals surface area contributed by atoms with E-state index in [0.717, 1.165) is 0 Å². The molecule has 11 heavy (non-hydrogen) atoms. The Balaban J connectivity index is 2.52. The zero-order chi connectivity index (χ0) is 8.43. The number of hydrogen-bond donors (Lipinski definition) is 4. The molecule has 0 saturated carbocycles. The van der Waals surface area contributed by atoms with E-state index in [1.807, 2.05) is 0 Å². The van der Waals surface area contributed by atoms with Crippen LogP contribution >= 0.6 is 0 Å². The van der Waals surface area contributed by atoms with Crippen LogP contribution in [0.1, 0.15) is 0 Å². The topological polar surface area (TPSA) is 90.2 Å². The quantitative estimate of drug-likeness (QED) is 0.325. The van der Waals surface area contributed by atoms with Gasteiger partial charge in [-0.3, -0.25) is 0 Å². The molecule has 1 aliphatic heterocycles. The Labute approximate surface area is 63.8 Å². The summed E-state index contributed by atoms with van der Waals surface area (Å²) >= 11 is 0. The predicted molar refractivity (Wildman–Crippen MR) is 34.8 cm³/mol. The van der Waals surface area contributed by atoms with Crippen molar-refractivity contribution in [2.75, 3.05) is 13.2 Å². The standard InChI is InChI=1S/C6H12O5/c7-1-4-6(10)5(9)3(8)2-11-4/h3-10H,1-2H2/t3-,4+,5+,6+/m0/s1/i1+1,2+1,3+1,5+1,6+1. The first-order valence-electron chi connectivity index (χ1n) is 3.43. The Hall–Kier alpha value is -0.200. The maximum Gasteiger partial charge on any atom is 0.111 e. The molecular formula is C6H12O5. The van der Waals surface area contributed by atoms with Gasteiger partial charge in [0.15, 0.2) is 0 Å². The summed E-state index contributed by atoms with van der Waals surface area (Å²) < 4.78 is 4.81. The molecule has 0 aromatic heterocycles. The predicted octanol–water partition coefficient (Wildman–Crippen LogP) is -2.54. The molecule has 0 amide bonds. The average molecular weight is 169 g/mol. The van der Waals surface area contributed by atoms with Gasteiger partial charge in [-0.25, -0.2) is 0 Å². The Morgan fingerprint density at radius 2 is 1.82 bits per heavy atom. The van der Waals surface area contributed by atoms with Gasteiger partial charge in [-0.05, 0) is 0 Å². The van der Waals surface area contributed by atoms with Gasteiger partial charge in [0.25, 0.3) is 0 Å². The first-order valence-corrected chi connectivity index (χ1v) is 3.43. The fourth-order valence-corrected chi connectivity index (χ4v) is 1.03. The highest BCUT2D eigenvalue weighted by atomic mass is 16.7. The minimum Gasteiger partial charge on any atom is -0.394 e. The molecular weight excluding hydrogens is 157 g/mol. The highest BCUT2D eigenvalue weighted by Crippen LogP contribution is 2.14. The highest BCUT2D eigenvalue weighted by molar-refractivity contribution is 4.85. The van der Waals surface area contributed by atoms with Crippen molar-refractivity contribution in [3.63, 3.8) is 0 Å².